The zero-order valence-electron chi connectivity index (χ0n) is 15.1. The summed E-state index contributed by atoms with van der Waals surface area (Å²) in [6.45, 7) is 9.16. The first-order chi connectivity index (χ1) is 14.0. The smallest absolute Gasteiger partial charge is 0.268 e. The Morgan fingerprint density at radius 1 is 1.34 bits per heavy atom. The molecule has 3 N–H and O–H groups in total. The van der Waals surface area contributed by atoms with E-state index in [0.717, 1.165) is 0 Å². The molecule has 0 aliphatic carbocycles. The van der Waals surface area contributed by atoms with E-state index in [-0.39, 0.29) is 22.9 Å². The predicted molar refractivity (Wildman–Crippen MR) is 109 cm³/mol. The molecule has 3 aromatic heterocycles. The van der Waals surface area contributed by atoms with Crippen LogP contribution in [0.3, 0.4) is 0 Å². The van der Waals surface area contributed by atoms with Crippen LogP contribution in [0.5, 0.6) is 0 Å². The van der Waals surface area contributed by atoms with E-state index in [1.807, 2.05) is 13.0 Å². The number of hydrogen-bond donors (Lipinski definition) is 2. The number of nitrogen functional groups attached to an aromatic ring is 1. The molecule has 0 saturated carbocycles. The second-order valence-corrected chi connectivity index (χ2v) is 6.61. The van der Waals surface area contributed by atoms with Crippen LogP contribution in [0.2, 0.25) is 5.02 Å². The van der Waals surface area contributed by atoms with E-state index in [2.05, 4.69) is 25.3 Å². The highest BCUT2D eigenvalue weighted by atomic mass is 35.5. The Hall–Kier alpha value is -3.90. The lowest BCUT2D eigenvalue weighted by atomic mass is 10.1. The summed E-state index contributed by atoms with van der Waals surface area (Å²) in [5.41, 5.74) is 6.12. The number of nitrogens with two attached hydrogens (primary N) is 1. The van der Waals surface area contributed by atoms with Gasteiger partial charge in [-0.15, -0.1) is 0 Å². The van der Waals surface area contributed by atoms with Gasteiger partial charge in [0.1, 0.15) is 24.2 Å². The van der Waals surface area contributed by atoms with Gasteiger partial charge >= 0.3 is 0 Å². The summed E-state index contributed by atoms with van der Waals surface area (Å²) >= 11 is 6.28. The fraction of sp³-hybridized carbons (Fsp3) is 0.105. The molecule has 0 spiro atoms. The molecule has 144 valence electrons. The number of nitrogens with one attached hydrogen (secondary N) is 1. The molecule has 0 unspecified atom stereocenters. The summed E-state index contributed by atoms with van der Waals surface area (Å²) in [5, 5.41) is 8.43. The maximum atomic E-state index is 13.3. The van der Waals surface area contributed by atoms with Crippen LogP contribution in [0.15, 0.2) is 52.2 Å². The van der Waals surface area contributed by atoms with E-state index in [9.17, 15) is 4.79 Å². The molecule has 4 aromatic rings. The van der Waals surface area contributed by atoms with Gasteiger partial charge < -0.3 is 15.6 Å². The van der Waals surface area contributed by atoms with Crippen LogP contribution < -0.4 is 16.6 Å². The minimum atomic E-state index is -0.447. The minimum absolute atomic E-state index is 0.0730. The minimum Gasteiger partial charge on any atom is -0.392 e. The Morgan fingerprint density at radius 3 is 2.90 bits per heavy atom. The van der Waals surface area contributed by atoms with Crippen molar-refractivity contribution in [2.24, 2.45) is 0 Å². The van der Waals surface area contributed by atoms with Gasteiger partial charge in [-0.25, -0.2) is 14.8 Å². The Morgan fingerprint density at radius 2 is 2.17 bits per heavy atom. The van der Waals surface area contributed by atoms with Gasteiger partial charge in [0.05, 0.1) is 28.7 Å². The molecule has 0 aliphatic rings. The maximum absolute atomic E-state index is 13.3. The fourth-order valence-corrected chi connectivity index (χ4v) is 3.37. The second-order valence-electron chi connectivity index (χ2n) is 6.21. The molecular formula is C19H14ClN7O2. The largest absolute Gasteiger partial charge is 0.392 e. The predicted octanol–water partition coefficient (Wildman–Crippen LogP) is 3.73. The van der Waals surface area contributed by atoms with Gasteiger partial charge in [0.25, 0.3) is 11.2 Å². The van der Waals surface area contributed by atoms with Crippen LogP contribution in [-0.2, 0) is 0 Å². The lowest BCUT2D eigenvalue weighted by molar-refractivity contribution is 0.415. The van der Waals surface area contributed by atoms with E-state index >= 15 is 0 Å². The molecule has 0 fully saturated rings. The standard InChI is InChI=1S/C19H14ClN7O2/c1-10(25-18-16(22-2)17(21)23-9-24-18)13-8-11-4-3-5-12(20)15(11)19(28)27(13)14-6-7-29-26-14/h3-10H,1H3,(H3,21,23,24,25)/t10-/m0/s1. The van der Waals surface area contributed by atoms with E-state index < -0.39 is 6.04 Å². The molecule has 0 saturated heterocycles. The van der Waals surface area contributed by atoms with Gasteiger partial charge in [0.2, 0.25) is 0 Å². The van der Waals surface area contributed by atoms with Crippen LogP contribution in [0.1, 0.15) is 18.7 Å². The molecule has 9 nitrogen and oxygen atoms in total. The molecule has 0 bridgehead atoms. The molecular weight excluding hydrogens is 394 g/mol. The van der Waals surface area contributed by atoms with Crippen LogP contribution in [0.25, 0.3) is 21.4 Å². The van der Waals surface area contributed by atoms with E-state index in [4.69, 9.17) is 28.4 Å². The zero-order chi connectivity index (χ0) is 20.5. The number of rotatable bonds is 4. The highest BCUT2D eigenvalue weighted by molar-refractivity contribution is 6.35. The molecule has 0 aliphatic heterocycles. The van der Waals surface area contributed by atoms with Crippen molar-refractivity contribution in [3.8, 4) is 5.82 Å². The first-order valence-electron chi connectivity index (χ1n) is 8.50. The summed E-state index contributed by atoms with van der Waals surface area (Å²) in [6, 6.07) is 8.20. The monoisotopic (exact) mass is 407 g/mol. The molecule has 3 heterocycles. The van der Waals surface area contributed by atoms with Crippen LogP contribution in [-0.4, -0.2) is 19.7 Å². The van der Waals surface area contributed by atoms with Crippen LogP contribution in [0.4, 0.5) is 17.3 Å². The quantitative estimate of drug-likeness (QED) is 0.495. The second kappa shape index (κ2) is 7.26. The molecule has 1 aromatic carbocycles. The summed E-state index contributed by atoms with van der Waals surface area (Å²) in [5.74, 6) is 0.655. The SMILES string of the molecule is [C-]#[N+]c1c(N)ncnc1N[C@@H](C)c1cc2cccc(Cl)c2c(=O)n1-c1ccon1. The third-order valence-electron chi connectivity index (χ3n) is 4.44. The highest BCUT2D eigenvalue weighted by Crippen LogP contribution is 2.31. The highest BCUT2D eigenvalue weighted by Gasteiger charge is 2.20. The lowest BCUT2D eigenvalue weighted by Gasteiger charge is -2.20. The number of anilines is 2. The van der Waals surface area contributed by atoms with Gasteiger partial charge in [-0.2, -0.15) is 0 Å². The summed E-state index contributed by atoms with van der Waals surface area (Å²) < 4.78 is 6.35. The zero-order valence-corrected chi connectivity index (χ0v) is 15.9. The van der Waals surface area contributed by atoms with Crippen molar-refractivity contribution in [1.82, 2.24) is 19.7 Å². The first kappa shape index (κ1) is 18.5. The van der Waals surface area contributed by atoms with Crippen molar-refractivity contribution in [3.63, 3.8) is 0 Å². The fourth-order valence-electron chi connectivity index (χ4n) is 3.10. The number of halogens is 1. The molecule has 29 heavy (non-hydrogen) atoms. The van der Waals surface area contributed by atoms with Crippen molar-refractivity contribution < 1.29 is 4.52 Å². The number of benzene rings is 1. The van der Waals surface area contributed by atoms with Crippen LogP contribution >= 0.6 is 11.6 Å². The van der Waals surface area contributed by atoms with Gasteiger partial charge in [-0.1, -0.05) is 28.9 Å². The average molecular weight is 408 g/mol. The number of fused-ring (bicyclic) bond motifs is 1. The van der Waals surface area contributed by atoms with Gasteiger partial charge in [-0.3, -0.25) is 9.36 Å². The third-order valence-corrected chi connectivity index (χ3v) is 4.75. The molecule has 0 amide bonds. The lowest BCUT2D eigenvalue weighted by Crippen LogP contribution is -2.26. The Kier molecular flexibility index (Phi) is 4.62. The number of hydrogen-bond acceptors (Lipinski definition) is 7. The molecule has 1 atom stereocenters. The van der Waals surface area contributed by atoms with E-state index in [1.54, 1.807) is 24.3 Å². The molecule has 0 radical (unpaired) electrons. The normalized spacial score (nSPS) is 11.9. The van der Waals surface area contributed by atoms with Gasteiger partial charge in [-0.05, 0) is 24.4 Å². The van der Waals surface area contributed by atoms with Crippen molar-refractivity contribution in [2.45, 2.75) is 13.0 Å². The third kappa shape index (κ3) is 3.15. The Balaban J connectivity index is 1.92. The first-order valence-corrected chi connectivity index (χ1v) is 8.88. The summed E-state index contributed by atoms with van der Waals surface area (Å²) in [6.07, 6.45) is 2.65. The molecule has 4 rings (SSSR count). The maximum Gasteiger partial charge on any atom is 0.268 e. The van der Waals surface area contributed by atoms with E-state index in [1.165, 1.54) is 17.2 Å². The topological polar surface area (TPSA) is 116 Å². The van der Waals surface area contributed by atoms with Gasteiger partial charge in [0, 0.05) is 6.07 Å². The summed E-state index contributed by atoms with van der Waals surface area (Å²) in [7, 11) is 0. The van der Waals surface area contributed by atoms with Crippen LogP contribution in [0, 0.1) is 6.57 Å². The number of pyridine rings is 1. The Labute approximate surface area is 169 Å². The number of aromatic nitrogens is 4. The van der Waals surface area contributed by atoms with Gasteiger partial charge in [0.15, 0.2) is 5.82 Å². The van der Waals surface area contributed by atoms with Crippen molar-refractivity contribution in [1.29, 1.82) is 0 Å². The van der Waals surface area contributed by atoms with E-state index in [0.29, 0.717) is 27.3 Å². The Bertz CT molecular complexity index is 1310. The van der Waals surface area contributed by atoms with Crippen molar-refractivity contribution in [2.75, 3.05) is 11.1 Å². The van der Waals surface area contributed by atoms with Crippen molar-refractivity contribution in [3.05, 3.63) is 75.4 Å². The van der Waals surface area contributed by atoms with Crippen molar-refractivity contribution >= 4 is 39.7 Å². The average Bonchev–Trinajstić information content (AvgIpc) is 3.22. The summed E-state index contributed by atoms with van der Waals surface area (Å²) in [4.78, 5) is 24.6. The molecule has 10 heteroatoms. The number of nitrogens with zero attached hydrogens (tertiary/aromatic N) is 5.